The molecule has 28 heavy (non-hydrogen) atoms. The third-order valence-electron chi connectivity index (χ3n) is 5.18. The third kappa shape index (κ3) is 3.19. The fraction of sp³-hybridized carbons (Fsp3) is 0.421. The largest absolute Gasteiger partial charge is 0.322 e. The third-order valence-corrected chi connectivity index (χ3v) is 5.18. The summed E-state index contributed by atoms with van der Waals surface area (Å²) in [6.07, 6.45) is 1.26. The van der Waals surface area contributed by atoms with Gasteiger partial charge in [0.2, 0.25) is 0 Å². The van der Waals surface area contributed by atoms with E-state index in [2.05, 4.69) is 10.4 Å². The number of nitrogens with zero attached hydrogens (tertiary/aromatic N) is 4. The number of carbonyl (C=O) groups excluding carboxylic acids is 1. The normalized spacial score (nSPS) is 17.9. The Labute approximate surface area is 159 Å². The minimum atomic E-state index is -2.96. The molecule has 2 aliphatic heterocycles. The molecule has 0 aliphatic carbocycles. The maximum atomic E-state index is 14.6. The lowest BCUT2D eigenvalue weighted by molar-refractivity contribution is -0.0203. The molecule has 1 aromatic carbocycles. The highest BCUT2D eigenvalue weighted by atomic mass is 19.3. The van der Waals surface area contributed by atoms with E-state index < -0.39 is 17.8 Å². The molecule has 3 heterocycles. The molecule has 0 radical (unpaired) electrons. The minimum absolute atomic E-state index is 0.0401. The summed E-state index contributed by atoms with van der Waals surface area (Å²) in [5, 5.41) is 15.9. The second-order valence-corrected chi connectivity index (χ2v) is 7.07. The molecule has 0 unspecified atom stereocenters. The molecule has 1 aromatic heterocycles. The first-order valence-electron chi connectivity index (χ1n) is 9.11. The van der Waals surface area contributed by atoms with Gasteiger partial charge in [-0.25, -0.2) is 9.18 Å². The van der Waals surface area contributed by atoms with Crippen LogP contribution in [-0.4, -0.2) is 27.3 Å². The van der Waals surface area contributed by atoms with Gasteiger partial charge in [0.05, 0.1) is 17.8 Å². The number of rotatable bonds is 1. The van der Waals surface area contributed by atoms with Crippen LogP contribution in [0.1, 0.15) is 41.8 Å². The van der Waals surface area contributed by atoms with Gasteiger partial charge in [0, 0.05) is 37.2 Å². The van der Waals surface area contributed by atoms with Crippen molar-refractivity contribution >= 4 is 11.7 Å². The predicted molar refractivity (Wildman–Crippen MR) is 94.2 cm³/mol. The van der Waals surface area contributed by atoms with Crippen molar-refractivity contribution in [1.82, 2.24) is 14.7 Å². The molecule has 0 spiro atoms. The first-order chi connectivity index (χ1) is 13.4. The number of fused-ring (bicyclic) bond motifs is 3. The Bertz CT molecular complexity index is 979. The van der Waals surface area contributed by atoms with Gasteiger partial charge in [-0.2, -0.15) is 19.1 Å². The molecule has 4 rings (SSSR count). The molecule has 2 amide bonds. The van der Waals surface area contributed by atoms with Crippen LogP contribution in [0.25, 0.3) is 0 Å². The predicted octanol–water partition coefficient (Wildman–Crippen LogP) is 3.76. The number of halogens is 3. The summed E-state index contributed by atoms with van der Waals surface area (Å²) < 4.78 is 44.1. The number of hydrogen-bond donors (Lipinski definition) is 1. The molecular weight excluding hydrogens is 371 g/mol. The van der Waals surface area contributed by atoms with Gasteiger partial charge in [0.25, 0.3) is 5.92 Å². The van der Waals surface area contributed by atoms with E-state index in [0.29, 0.717) is 43.6 Å². The Hall–Kier alpha value is -3.02. The summed E-state index contributed by atoms with van der Waals surface area (Å²) in [6.45, 7) is 0.836. The number of carbonyl (C=O) groups is 1. The highest BCUT2D eigenvalue weighted by molar-refractivity contribution is 5.89. The van der Waals surface area contributed by atoms with Crippen molar-refractivity contribution in [2.24, 2.45) is 0 Å². The molecule has 1 N–H and O–H groups in total. The quantitative estimate of drug-likeness (QED) is 0.807. The molecule has 2 aliphatic rings. The van der Waals surface area contributed by atoms with Gasteiger partial charge in [0.1, 0.15) is 17.6 Å². The fourth-order valence-electron chi connectivity index (χ4n) is 3.79. The summed E-state index contributed by atoms with van der Waals surface area (Å²) >= 11 is 0. The van der Waals surface area contributed by atoms with Gasteiger partial charge in [-0.15, -0.1) is 0 Å². The number of aromatic nitrogens is 2. The van der Waals surface area contributed by atoms with Crippen LogP contribution in [0.4, 0.5) is 23.7 Å². The van der Waals surface area contributed by atoms with Gasteiger partial charge in [-0.1, -0.05) is 0 Å². The van der Waals surface area contributed by atoms with Crippen LogP contribution in [-0.2, 0) is 25.4 Å². The van der Waals surface area contributed by atoms with E-state index in [4.69, 9.17) is 5.26 Å². The standard InChI is InChI=1S/C19H18F3N5O/c20-15-4-3-13(9-12(15)10-23)24-18(28)26-8-5-16-14(11-26)17-19(21,22)6-1-2-7-27(17)25-16/h3-4,9H,1-2,5-8,11H2,(H,24,28). The summed E-state index contributed by atoms with van der Waals surface area (Å²) in [5.41, 5.74) is 1.05. The first-order valence-corrected chi connectivity index (χ1v) is 9.11. The highest BCUT2D eigenvalue weighted by Gasteiger charge is 2.42. The second-order valence-electron chi connectivity index (χ2n) is 7.07. The smallest absolute Gasteiger partial charge is 0.320 e. The van der Waals surface area contributed by atoms with Crippen LogP contribution >= 0.6 is 0 Å². The Balaban J connectivity index is 1.56. The van der Waals surface area contributed by atoms with Crippen molar-refractivity contribution in [2.45, 2.75) is 44.7 Å². The number of urea groups is 1. The number of hydrogen-bond acceptors (Lipinski definition) is 3. The van der Waals surface area contributed by atoms with Crippen LogP contribution in [0, 0.1) is 17.1 Å². The van der Waals surface area contributed by atoms with E-state index >= 15 is 0 Å². The molecule has 0 atom stereocenters. The van der Waals surface area contributed by atoms with Crippen LogP contribution < -0.4 is 5.32 Å². The zero-order valence-electron chi connectivity index (χ0n) is 15.0. The minimum Gasteiger partial charge on any atom is -0.320 e. The van der Waals surface area contributed by atoms with Crippen LogP contribution in [0.2, 0.25) is 0 Å². The maximum absolute atomic E-state index is 14.6. The first kappa shape index (κ1) is 18.3. The van der Waals surface area contributed by atoms with Crippen molar-refractivity contribution in [1.29, 1.82) is 5.26 Å². The molecule has 0 bridgehead atoms. The van der Waals surface area contributed by atoms with Crippen molar-refractivity contribution in [2.75, 3.05) is 11.9 Å². The van der Waals surface area contributed by atoms with Gasteiger partial charge in [-0.05, 0) is 31.0 Å². The monoisotopic (exact) mass is 389 g/mol. The number of amides is 2. The molecule has 146 valence electrons. The van der Waals surface area contributed by atoms with Crippen molar-refractivity contribution in [3.63, 3.8) is 0 Å². The fourth-order valence-corrected chi connectivity index (χ4v) is 3.79. The van der Waals surface area contributed by atoms with Gasteiger partial charge in [-0.3, -0.25) is 4.68 Å². The van der Waals surface area contributed by atoms with Crippen LogP contribution in [0.15, 0.2) is 18.2 Å². The van der Waals surface area contributed by atoms with Crippen LogP contribution in [0.3, 0.4) is 0 Å². The lowest BCUT2D eigenvalue weighted by Gasteiger charge is -2.28. The average Bonchev–Trinajstić information content (AvgIpc) is 2.97. The molecule has 2 aromatic rings. The Kier molecular flexibility index (Phi) is 4.49. The number of nitriles is 1. The summed E-state index contributed by atoms with van der Waals surface area (Å²) in [7, 11) is 0. The molecular formula is C19H18F3N5O. The molecule has 0 saturated carbocycles. The molecule has 6 nitrogen and oxygen atoms in total. The Morgan fingerprint density at radius 1 is 1.29 bits per heavy atom. The summed E-state index contributed by atoms with van der Waals surface area (Å²) in [4.78, 5) is 14.0. The number of alkyl halides is 2. The zero-order valence-corrected chi connectivity index (χ0v) is 15.0. The van der Waals surface area contributed by atoms with Gasteiger partial charge in [0.15, 0.2) is 0 Å². The zero-order chi connectivity index (χ0) is 19.9. The van der Waals surface area contributed by atoms with Crippen molar-refractivity contribution in [3.05, 3.63) is 46.5 Å². The SMILES string of the molecule is N#Cc1cc(NC(=O)N2CCc3nn4c(c3C2)C(F)(F)CCCC4)ccc1F. The van der Waals surface area contributed by atoms with Gasteiger partial charge < -0.3 is 10.2 Å². The van der Waals surface area contributed by atoms with E-state index in [1.165, 1.54) is 21.7 Å². The van der Waals surface area contributed by atoms with E-state index in [-0.39, 0.29) is 29.9 Å². The van der Waals surface area contributed by atoms with E-state index in [0.717, 1.165) is 6.07 Å². The number of aryl methyl sites for hydroxylation is 1. The molecule has 0 fully saturated rings. The topological polar surface area (TPSA) is 74.0 Å². The highest BCUT2D eigenvalue weighted by Crippen LogP contribution is 2.40. The van der Waals surface area contributed by atoms with Gasteiger partial charge >= 0.3 is 6.03 Å². The van der Waals surface area contributed by atoms with Crippen molar-refractivity contribution in [3.8, 4) is 6.07 Å². The Morgan fingerprint density at radius 2 is 2.11 bits per heavy atom. The van der Waals surface area contributed by atoms with Crippen molar-refractivity contribution < 1.29 is 18.0 Å². The summed E-state index contributed by atoms with van der Waals surface area (Å²) in [6, 6.07) is 4.91. The second kappa shape index (κ2) is 6.86. The van der Waals surface area contributed by atoms with E-state index in [1.807, 2.05) is 0 Å². The lowest BCUT2D eigenvalue weighted by atomic mass is 10.00. The Morgan fingerprint density at radius 3 is 2.89 bits per heavy atom. The maximum Gasteiger partial charge on any atom is 0.322 e. The van der Waals surface area contributed by atoms with Crippen LogP contribution in [0.5, 0.6) is 0 Å². The number of anilines is 1. The lowest BCUT2D eigenvalue weighted by Crippen LogP contribution is -2.39. The summed E-state index contributed by atoms with van der Waals surface area (Å²) in [5.74, 6) is -3.64. The number of benzene rings is 1. The number of nitrogens with one attached hydrogen (secondary N) is 1. The van der Waals surface area contributed by atoms with E-state index in [9.17, 15) is 18.0 Å². The molecule has 9 heteroatoms. The average molecular weight is 389 g/mol. The van der Waals surface area contributed by atoms with E-state index in [1.54, 1.807) is 6.07 Å². The molecule has 0 saturated heterocycles.